The maximum atomic E-state index is 9.91. The zero-order valence-corrected chi connectivity index (χ0v) is 14.6. The lowest BCUT2D eigenvalue weighted by atomic mass is 10.0. The number of hydrogen-bond donors (Lipinski definition) is 2. The summed E-state index contributed by atoms with van der Waals surface area (Å²) in [4.78, 5) is 0. The Bertz CT molecular complexity index is 236. The van der Waals surface area contributed by atoms with E-state index < -0.39 is 12.2 Å². The lowest BCUT2D eigenvalue weighted by Gasteiger charge is -2.16. The van der Waals surface area contributed by atoms with Gasteiger partial charge in [-0.2, -0.15) is 0 Å². The SMILES string of the molecule is CCCCCCCCCC[C@H](O)[C@H](O)CC=CCC(C)C. The van der Waals surface area contributed by atoms with Gasteiger partial charge in [-0.05, 0) is 25.2 Å². The molecule has 2 N–H and O–H groups in total. The third-order valence-corrected chi connectivity index (χ3v) is 3.95. The highest BCUT2D eigenvalue weighted by Crippen LogP contribution is 2.13. The average molecular weight is 299 g/mol. The molecule has 0 aliphatic heterocycles. The van der Waals surface area contributed by atoms with Crippen LogP contribution in [0.15, 0.2) is 12.2 Å². The Morgan fingerprint density at radius 2 is 1.24 bits per heavy atom. The molecule has 0 aliphatic carbocycles. The van der Waals surface area contributed by atoms with Gasteiger partial charge in [0.2, 0.25) is 0 Å². The summed E-state index contributed by atoms with van der Waals surface area (Å²) >= 11 is 0. The summed E-state index contributed by atoms with van der Waals surface area (Å²) in [5, 5.41) is 19.8. The van der Waals surface area contributed by atoms with Crippen LogP contribution in [0.5, 0.6) is 0 Å². The fourth-order valence-corrected chi connectivity index (χ4v) is 2.44. The van der Waals surface area contributed by atoms with E-state index in [9.17, 15) is 10.2 Å². The van der Waals surface area contributed by atoms with Gasteiger partial charge in [0.15, 0.2) is 0 Å². The van der Waals surface area contributed by atoms with Crippen LogP contribution in [-0.2, 0) is 0 Å². The molecule has 0 aromatic heterocycles. The average Bonchev–Trinajstić information content (AvgIpc) is 2.45. The topological polar surface area (TPSA) is 40.5 Å². The first kappa shape index (κ1) is 20.7. The minimum atomic E-state index is -0.599. The summed E-state index contributed by atoms with van der Waals surface area (Å²) < 4.78 is 0. The Kier molecular flexibility index (Phi) is 14.4. The van der Waals surface area contributed by atoms with E-state index >= 15 is 0 Å². The van der Waals surface area contributed by atoms with E-state index in [1.165, 1.54) is 44.9 Å². The molecule has 0 bridgehead atoms. The minimum absolute atomic E-state index is 0.561. The molecule has 0 aromatic carbocycles. The summed E-state index contributed by atoms with van der Waals surface area (Å²) in [6.07, 6.45) is 15.5. The molecule has 2 atom stereocenters. The fraction of sp³-hybridized carbons (Fsp3) is 0.895. The smallest absolute Gasteiger partial charge is 0.0833 e. The van der Waals surface area contributed by atoms with Crippen LogP contribution in [0.2, 0.25) is 0 Å². The number of aliphatic hydroxyl groups excluding tert-OH is 2. The third-order valence-electron chi connectivity index (χ3n) is 3.95. The molecule has 0 saturated heterocycles. The zero-order chi connectivity index (χ0) is 15.9. The second kappa shape index (κ2) is 14.6. The van der Waals surface area contributed by atoms with Crippen molar-refractivity contribution in [3.05, 3.63) is 12.2 Å². The number of allylic oxidation sites excluding steroid dienone is 1. The normalized spacial score (nSPS) is 15.0. The summed E-state index contributed by atoms with van der Waals surface area (Å²) in [5.74, 6) is 0.653. The summed E-state index contributed by atoms with van der Waals surface area (Å²) in [6.45, 7) is 6.60. The number of aliphatic hydroxyl groups is 2. The second-order valence-electron chi connectivity index (χ2n) is 6.73. The molecule has 0 aromatic rings. The summed E-state index contributed by atoms with van der Waals surface area (Å²) in [6, 6.07) is 0. The van der Waals surface area contributed by atoms with E-state index in [0.717, 1.165) is 19.3 Å². The van der Waals surface area contributed by atoms with Crippen LogP contribution in [0, 0.1) is 5.92 Å². The summed E-state index contributed by atoms with van der Waals surface area (Å²) in [5.41, 5.74) is 0. The highest BCUT2D eigenvalue weighted by Gasteiger charge is 2.13. The molecule has 0 fully saturated rings. The monoisotopic (exact) mass is 298 g/mol. The van der Waals surface area contributed by atoms with Crippen LogP contribution < -0.4 is 0 Å². The van der Waals surface area contributed by atoms with Gasteiger partial charge in [0.05, 0.1) is 12.2 Å². The van der Waals surface area contributed by atoms with E-state index in [-0.39, 0.29) is 0 Å². The molecule has 0 heterocycles. The predicted molar refractivity (Wildman–Crippen MR) is 92.5 cm³/mol. The minimum Gasteiger partial charge on any atom is -0.390 e. The Morgan fingerprint density at radius 1 is 0.714 bits per heavy atom. The molecular formula is C19H38O2. The predicted octanol–water partition coefficient (Wildman–Crippen LogP) is 5.23. The molecule has 0 spiro atoms. The van der Waals surface area contributed by atoms with Crippen molar-refractivity contribution >= 4 is 0 Å². The van der Waals surface area contributed by atoms with Crippen molar-refractivity contribution in [2.24, 2.45) is 5.92 Å². The fourth-order valence-electron chi connectivity index (χ4n) is 2.44. The zero-order valence-electron chi connectivity index (χ0n) is 14.6. The molecule has 0 amide bonds. The maximum Gasteiger partial charge on any atom is 0.0833 e. The molecule has 21 heavy (non-hydrogen) atoms. The molecule has 126 valence electrons. The van der Waals surface area contributed by atoms with Crippen LogP contribution in [0.3, 0.4) is 0 Å². The van der Waals surface area contributed by atoms with Crippen LogP contribution in [-0.4, -0.2) is 22.4 Å². The van der Waals surface area contributed by atoms with E-state index in [4.69, 9.17) is 0 Å². The summed E-state index contributed by atoms with van der Waals surface area (Å²) in [7, 11) is 0. The first-order chi connectivity index (χ1) is 10.1. The molecule has 2 nitrogen and oxygen atoms in total. The molecule has 0 radical (unpaired) electrons. The van der Waals surface area contributed by atoms with Gasteiger partial charge in [-0.25, -0.2) is 0 Å². The Balaban J connectivity index is 3.47. The lowest BCUT2D eigenvalue weighted by molar-refractivity contribution is 0.0152. The van der Waals surface area contributed by atoms with Crippen molar-refractivity contribution < 1.29 is 10.2 Å². The van der Waals surface area contributed by atoms with Crippen molar-refractivity contribution in [3.63, 3.8) is 0 Å². The van der Waals surface area contributed by atoms with Crippen molar-refractivity contribution in [1.29, 1.82) is 0 Å². The van der Waals surface area contributed by atoms with Gasteiger partial charge in [0.1, 0.15) is 0 Å². The highest BCUT2D eigenvalue weighted by atomic mass is 16.3. The first-order valence-electron chi connectivity index (χ1n) is 9.09. The maximum absolute atomic E-state index is 9.91. The van der Waals surface area contributed by atoms with Crippen LogP contribution in [0.1, 0.15) is 91.4 Å². The lowest BCUT2D eigenvalue weighted by Crippen LogP contribution is -2.25. The van der Waals surface area contributed by atoms with Crippen LogP contribution >= 0.6 is 0 Å². The molecular weight excluding hydrogens is 260 g/mol. The third kappa shape index (κ3) is 14.4. The molecule has 0 unspecified atom stereocenters. The number of unbranched alkanes of at least 4 members (excludes halogenated alkanes) is 7. The standard InChI is InChI=1S/C19H38O2/c1-4-5-6-7-8-9-10-11-15-18(20)19(21)16-13-12-14-17(2)3/h12-13,17-21H,4-11,14-16H2,1-3H3/t18-,19+/m0/s1. The highest BCUT2D eigenvalue weighted by molar-refractivity contribution is 4.86. The second-order valence-corrected chi connectivity index (χ2v) is 6.73. The van der Waals surface area contributed by atoms with Gasteiger partial charge >= 0.3 is 0 Å². The van der Waals surface area contributed by atoms with Gasteiger partial charge in [-0.1, -0.05) is 84.3 Å². The molecule has 0 saturated carbocycles. The quantitative estimate of drug-likeness (QED) is 0.340. The Labute approximate surface area is 132 Å². The number of hydrogen-bond acceptors (Lipinski definition) is 2. The van der Waals surface area contributed by atoms with Crippen LogP contribution in [0.25, 0.3) is 0 Å². The van der Waals surface area contributed by atoms with Crippen molar-refractivity contribution in [1.82, 2.24) is 0 Å². The Morgan fingerprint density at radius 3 is 1.81 bits per heavy atom. The largest absolute Gasteiger partial charge is 0.390 e. The van der Waals surface area contributed by atoms with Gasteiger partial charge < -0.3 is 10.2 Å². The van der Waals surface area contributed by atoms with Crippen molar-refractivity contribution in [3.8, 4) is 0 Å². The number of rotatable bonds is 14. The van der Waals surface area contributed by atoms with Crippen molar-refractivity contribution in [2.45, 2.75) is 104 Å². The van der Waals surface area contributed by atoms with E-state index in [2.05, 4.69) is 26.8 Å². The van der Waals surface area contributed by atoms with E-state index in [0.29, 0.717) is 12.3 Å². The van der Waals surface area contributed by atoms with Crippen molar-refractivity contribution in [2.75, 3.05) is 0 Å². The van der Waals surface area contributed by atoms with E-state index in [1.807, 2.05) is 6.08 Å². The molecule has 0 rings (SSSR count). The first-order valence-corrected chi connectivity index (χ1v) is 9.09. The van der Waals surface area contributed by atoms with Gasteiger partial charge in [0.25, 0.3) is 0 Å². The van der Waals surface area contributed by atoms with Gasteiger partial charge in [-0.3, -0.25) is 0 Å². The molecule has 0 aliphatic rings. The van der Waals surface area contributed by atoms with Crippen LogP contribution in [0.4, 0.5) is 0 Å². The van der Waals surface area contributed by atoms with Gasteiger partial charge in [0, 0.05) is 0 Å². The van der Waals surface area contributed by atoms with Gasteiger partial charge in [-0.15, -0.1) is 0 Å². The van der Waals surface area contributed by atoms with E-state index in [1.54, 1.807) is 0 Å². The molecule has 2 heteroatoms. The Hall–Kier alpha value is -0.340.